The quantitative estimate of drug-likeness (QED) is 0.680. The largest absolute Gasteiger partial charge is 0.306 e. The highest BCUT2D eigenvalue weighted by atomic mass is 32.2. The van der Waals surface area contributed by atoms with Gasteiger partial charge in [-0.3, -0.25) is 4.79 Å². The smallest absolute Gasteiger partial charge is 0.256 e. The van der Waals surface area contributed by atoms with E-state index in [0.29, 0.717) is 11.4 Å². The van der Waals surface area contributed by atoms with Crippen molar-refractivity contribution in [2.24, 2.45) is 0 Å². The number of anilines is 1. The van der Waals surface area contributed by atoms with Crippen molar-refractivity contribution in [1.82, 2.24) is 9.71 Å². The van der Waals surface area contributed by atoms with Crippen LogP contribution in [0.15, 0.2) is 65.0 Å². The van der Waals surface area contributed by atoms with Crippen LogP contribution in [-0.2, 0) is 16.6 Å². The Hall–Kier alpha value is -2.55. The zero-order valence-corrected chi connectivity index (χ0v) is 15.6. The molecule has 8 heteroatoms. The van der Waals surface area contributed by atoms with Crippen molar-refractivity contribution in [1.29, 1.82) is 0 Å². The number of nitrogens with one attached hydrogen (secondary N) is 2. The van der Waals surface area contributed by atoms with Gasteiger partial charge in [-0.15, -0.1) is 11.3 Å². The molecule has 2 aromatic heterocycles. The van der Waals surface area contributed by atoms with Crippen LogP contribution in [0.2, 0.25) is 0 Å². The van der Waals surface area contributed by atoms with E-state index in [1.807, 2.05) is 30.5 Å². The predicted molar refractivity (Wildman–Crippen MR) is 102 cm³/mol. The van der Waals surface area contributed by atoms with Gasteiger partial charge in [0.1, 0.15) is 5.82 Å². The SMILES string of the molecule is Cc1cccnc1NC(=O)c1ccc(S(=O)(=O)NCc2cccs2)cc1. The molecule has 0 aliphatic heterocycles. The lowest BCUT2D eigenvalue weighted by molar-refractivity contribution is 0.102. The Morgan fingerprint density at radius 3 is 2.54 bits per heavy atom. The van der Waals surface area contributed by atoms with Crippen LogP contribution in [-0.4, -0.2) is 19.3 Å². The molecular weight excluding hydrogens is 370 g/mol. The number of hydrogen-bond donors (Lipinski definition) is 2. The Kier molecular flexibility index (Phi) is 5.46. The second-order valence-corrected chi connectivity index (χ2v) is 8.35. The highest BCUT2D eigenvalue weighted by molar-refractivity contribution is 7.89. The average molecular weight is 387 g/mol. The van der Waals surface area contributed by atoms with E-state index in [1.165, 1.54) is 35.6 Å². The summed E-state index contributed by atoms with van der Waals surface area (Å²) in [5.74, 6) is 0.133. The Morgan fingerprint density at radius 2 is 1.88 bits per heavy atom. The Bertz CT molecular complexity index is 998. The first-order valence-electron chi connectivity index (χ1n) is 7.81. The molecule has 2 N–H and O–H groups in total. The van der Waals surface area contributed by atoms with E-state index < -0.39 is 10.0 Å². The summed E-state index contributed by atoms with van der Waals surface area (Å²) in [4.78, 5) is 17.4. The molecule has 3 rings (SSSR count). The summed E-state index contributed by atoms with van der Waals surface area (Å²) in [7, 11) is -3.63. The van der Waals surface area contributed by atoms with Gasteiger partial charge >= 0.3 is 0 Å². The van der Waals surface area contributed by atoms with Crippen LogP contribution in [0, 0.1) is 6.92 Å². The number of nitrogens with zero attached hydrogens (tertiary/aromatic N) is 1. The summed E-state index contributed by atoms with van der Waals surface area (Å²) in [5.41, 5.74) is 1.20. The second kappa shape index (κ2) is 7.77. The van der Waals surface area contributed by atoms with Gasteiger partial charge in [0.25, 0.3) is 5.91 Å². The van der Waals surface area contributed by atoms with Crippen molar-refractivity contribution in [2.45, 2.75) is 18.4 Å². The van der Waals surface area contributed by atoms with Crippen LogP contribution in [0.25, 0.3) is 0 Å². The molecule has 6 nitrogen and oxygen atoms in total. The van der Waals surface area contributed by atoms with Gasteiger partial charge in [-0.1, -0.05) is 12.1 Å². The first-order valence-corrected chi connectivity index (χ1v) is 10.2. The minimum absolute atomic E-state index is 0.111. The van der Waals surface area contributed by atoms with Crippen LogP contribution in [0.3, 0.4) is 0 Å². The van der Waals surface area contributed by atoms with E-state index in [2.05, 4.69) is 15.0 Å². The zero-order valence-electron chi connectivity index (χ0n) is 14.0. The number of thiophene rings is 1. The summed E-state index contributed by atoms with van der Waals surface area (Å²) >= 11 is 1.48. The normalized spacial score (nSPS) is 11.3. The van der Waals surface area contributed by atoms with Gasteiger partial charge in [0.05, 0.1) is 4.90 Å². The zero-order chi connectivity index (χ0) is 18.6. The molecule has 134 valence electrons. The molecule has 0 spiro atoms. The van der Waals surface area contributed by atoms with Crippen LogP contribution in [0.4, 0.5) is 5.82 Å². The number of sulfonamides is 1. The monoisotopic (exact) mass is 387 g/mol. The van der Waals surface area contributed by atoms with Crippen molar-refractivity contribution < 1.29 is 13.2 Å². The van der Waals surface area contributed by atoms with E-state index in [4.69, 9.17) is 0 Å². The van der Waals surface area contributed by atoms with Crippen molar-refractivity contribution in [3.63, 3.8) is 0 Å². The Morgan fingerprint density at radius 1 is 1.12 bits per heavy atom. The summed E-state index contributed by atoms with van der Waals surface area (Å²) in [6.07, 6.45) is 1.59. The minimum atomic E-state index is -3.63. The van der Waals surface area contributed by atoms with Crippen molar-refractivity contribution in [3.8, 4) is 0 Å². The van der Waals surface area contributed by atoms with E-state index in [9.17, 15) is 13.2 Å². The van der Waals surface area contributed by atoms with Crippen molar-refractivity contribution >= 4 is 33.1 Å². The van der Waals surface area contributed by atoms with E-state index in [1.54, 1.807) is 12.3 Å². The predicted octanol–water partition coefficient (Wildman–Crippen LogP) is 3.18. The molecule has 1 aromatic carbocycles. The molecule has 26 heavy (non-hydrogen) atoms. The number of pyridine rings is 1. The molecule has 0 radical (unpaired) electrons. The third-order valence-electron chi connectivity index (χ3n) is 3.68. The molecule has 0 unspecified atom stereocenters. The maximum Gasteiger partial charge on any atom is 0.256 e. The second-order valence-electron chi connectivity index (χ2n) is 5.55. The molecule has 0 atom stereocenters. The van der Waals surface area contributed by atoms with Crippen LogP contribution in [0.1, 0.15) is 20.8 Å². The molecular formula is C18H17N3O3S2. The molecule has 0 saturated carbocycles. The average Bonchev–Trinajstić information content (AvgIpc) is 3.16. The maximum absolute atomic E-state index is 12.3. The summed E-state index contributed by atoms with van der Waals surface area (Å²) in [6.45, 7) is 2.08. The van der Waals surface area contributed by atoms with Crippen molar-refractivity contribution in [3.05, 3.63) is 76.1 Å². The fraction of sp³-hybridized carbons (Fsp3) is 0.111. The summed E-state index contributed by atoms with van der Waals surface area (Å²) in [6, 6.07) is 13.1. The van der Waals surface area contributed by atoms with E-state index in [-0.39, 0.29) is 17.3 Å². The fourth-order valence-corrected chi connectivity index (χ4v) is 3.99. The lowest BCUT2D eigenvalue weighted by Gasteiger charge is -2.08. The molecule has 0 fully saturated rings. The molecule has 0 bridgehead atoms. The fourth-order valence-electron chi connectivity index (χ4n) is 2.24. The highest BCUT2D eigenvalue weighted by Crippen LogP contribution is 2.15. The van der Waals surface area contributed by atoms with Gasteiger partial charge in [0.15, 0.2) is 0 Å². The number of benzene rings is 1. The maximum atomic E-state index is 12.3. The highest BCUT2D eigenvalue weighted by Gasteiger charge is 2.15. The number of aromatic nitrogens is 1. The van der Waals surface area contributed by atoms with Gasteiger partial charge in [0.2, 0.25) is 10.0 Å². The van der Waals surface area contributed by atoms with Gasteiger partial charge in [-0.2, -0.15) is 0 Å². The summed E-state index contributed by atoms with van der Waals surface area (Å²) < 4.78 is 27.2. The van der Waals surface area contributed by atoms with Gasteiger partial charge in [-0.25, -0.2) is 18.1 Å². The number of carbonyl (C=O) groups is 1. The van der Waals surface area contributed by atoms with Gasteiger partial charge in [0, 0.05) is 23.2 Å². The molecule has 0 saturated heterocycles. The van der Waals surface area contributed by atoms with Crippen molar-refractivity contribution in [2.75, 3.05) is 5.32 Å². The van der Waals surface area contributed by atoms with Crippen LogP contribution >= 0.6 is 11.3 Å². The molecule has 2 heterocycles. The minimum Gasteiger partial charge on any atom is -0.306 e. The number of rotatable bonds is 6. The Balaban J connectivity index is 1.69. The van der Waals surface area contributed by atoms with Crippen LogP contribution in [0.5, 0.6) is 0 Å². The van der Waals surface area contributed by atoms with E-state index >= 15 is 0 Å². The number of amides is 1. The molecule has 3 aromatic rings. The van der Waals surface area contributed by atoms with Crippen LogP contribution < -0.4 is 10.0 Å². The lowest BCUT2D eigenvalue weighted by atomic mass is 10.2. The number of hydrogen-bond acceptors (Lipinski definition) is 5. The number of carbonyl (C=O) groups excluding carboxylic acids is 1. The van der Waals surface area contributed by atoms with Gasteiger partial charge in [-0.05, 0) is 54.3 Å². The third kappa shape index (κ3) is 4.34. The lowest BCUT2D eigenvalue weighted by Crippen LogP contribution is -2.23. The van der Waals surface area contributed by atoms with E-state index in [0.717, 1.165) is 10.4 Å². The molecule has 1 amide bonds. The first-order chi connectivity index (χ1) is 12.5. The standard InChI is InChI=1S/C18H17N3O3S2/c1-13-4-2-10-19-17(13)21-18(22)14-6-8-16(9-7-14)26(23,24)20-12-15-5-3-11-25-15/h2-11,20H,12H2,1H3,(H,19,21,22). The molecule has 0 aliphatic carbocycles. The summed E-state index contributed by atoms with van der Waals surface area (Å²) in [5, 5.41) is 4.60. The third-order valence-corrected chi connectivity index (χ3v) is 5.98. The van der Waals surface area contributed by atoms with Gasteiger partial charge < -0.3 is 5.32 Å². The first kappa shape index (κ1) is 18.2. The Labute approximate surface area is 156 Å². The number of aryl methyl sites for hydroxylation is 1. The topological polar surface area (TPSA) is 88.2 Å². The molecule has 0 aliphatic rings.